The van der Waals surface area contributed by atoms with E-state index in [0.717, 1.165) is 39.0 Å². The van der Waals surface area contributed by atoms with Crippen molar-refractivity contribution in [3.63, 3.8) is 0 Å². The quantitative estimate of drug-likeness (QED) is 0.763. The number of nitrogens with zero attached hydrogens (tertiary/aromatic N) is 2. The van der Waals surface area contributed by atoms with Gasteiger partial charge in [-0.3, -0.25) is 14.5 Å². The normalized spacial score (nSPS) is 28.0. The zero-order valence-electron chi connectivity index (χ0n) is 12.2. The molecule has 2 fully saturated rings. The first-order valence-corrected chi connectivity index (χ1v) is 7.65. The smallest absolute Gasteiger partial charge is 0.239 e. The number of carbonyl (C=O) groups excluding carboxylic acids is 2. The van der Waals surface area contributed by atoms with E-state index in [2.05, 4.69) is 4.90 Å². The number of likely N-dealkylation sites (tertiary alicyclic amines) is 2. The van der Waals surface area contributed by atoms with Gasteiger partial charge in [0.15, 0.2) is 0 Å². The van der Waals surface area contributed by atoms with Crippen LogP contribution in [-0.4, -0.2) is 53.7 Å². The van der Waals surface area contributed by atoms with Crippen molar-refractivity contribution in [2.45, 2.75) is 52.0 Å². The molecule has 2 saturated heterocycles. The zero-order chi connectivity index (χ0) is 13.8. The molecule has 0 saturated carbocycles. The summed E-state index contributed by atoms with van der Waals surface area (Å²) in [6.45, 7) is 7.26. The third-order valence-corrected chi connectivity index (χ3v) is 4.53. The number of ketones is 1. The van der Waals surface area contributed by atoms with Crippen LogP contribution in [0.2, 0.25) is 0 Å². The fraction of sp³-hybridized carbons (Fsp3) is 0.867. The first kappa shape index (κ1) is 14.5. The summed E-state index contributed by atoms with van der Waals surface area (Å²) < 4.78 is 0. The van der Waals surface area contributed by atoms with Crippen LogP contribution in [0.4, 0.5) is 0 Å². The van der Waals surface area contributed by atoms with Gasteiger partial charge in [0.05, 0.1) is 6.04 Å². The second-order valence-electron chi connectivity index (χ2n) is 6.03. The number of carbonyl (C=O) groups is 2. The summed E-state index contributed by atoms with van der Waals surface area (Å²) in [4.78, 5) is 28.3. The predicted octanol–water partition coefficient (Wildman–Crippen LogP) is 1.69. The van der Waals surface area contributed by atoms with Crippen molar-refractivity contribution in [3.05, 3.63) is 0 Å². The van der Waals surface area contributed by atoms with Gasteiger partial charge < -0.3 is 4.90 Å². The molecule has 2 unspecified atom stereocenters. The van der Waals surface area contributed by atoms with Crippen LogP contribution >= 0.6 is 0 Å². The van der Waals surface area contributed by atoms with Crippen molar-refractivity contribution in [2.75, 3.05) is 26.2 Å². The summed E-state index contributed by atoms with van der Waals surface area (Å²) >= 11 is 0. The molecule has 108 valence electrons. The molecule has 0 bridgehead atoms. The van der Waals surface area contributed by atoms with Gasteiger partial charge in [0.2, 0.25) is 5.91 Å². The van der Waals surface area contributed by atoms with Gasteiger partial charge in [0, 0.05) is 38.5 Å². The summed E-state index contributed by atoms with van der Waals surface area (Å²) in [7, 11) is 0. The minimum Gasteiger partial charge on any atom is -0.341 e. The van der Waals surface area contributed by atoms with Gasteiger partial charge in [-0.25, -0.2) is 0 Å². The van der Waals surface area contributed by atoms with E-state index in [1.807, 2.05) is 18.7 Å². The molecule has 0 aromatic carbocycles. The van der Waals surface area contributed by atoms with Crippen molar-refractivity contribution in [2.24, 2.45) is 5.92 Å². The third kappa shape index (κ3) is 3.56. The predicted molar refractivity (Wildman–Crippen MR) is 74.9 cm³/mol. The Morgan fingerprint density at radius 2 is 1.79 bits per heavy atom. The molecular weight excluding hydrogens is 240 g/mol. The van der Waals surface area contributed by atoms with Crippen molar-refractivity contribution < 1.29 is 9.59 Å². The lowest BCUT2D eigenvalue weighted by Gasteiger charge is -2.36. The molecule has 4 nitrogen and oxygen atoms in total. The summed E-state index contributed by atoms with van der Waals surface area (Å²) in [6.07, 6.45) is 5.35. The molecule has 4 heteroatoms. The van der Waals surface area contributed by atoms with Gasteiger partial charge >= 0.3 is 0 Å². The van der Waals surface area contributed by atoms with Crippen LogP contribution in [-0.2, 0) is 9.59 Å². The molecule has 2 heterocycles. The average Bonchev–Trinajstić information content (AvgIpc) is 2.69. The van der Waals surface area contributed by atoms with Crippen molar-refractivity contribution in [1.29, 1.82) is 0 Å². The highest BCUT2D eigenvalue weighted by Gasteiger charge is 2.31. The van der Waals surface area contributed by atoms with E-state index >= 15 is 0 Å². The fourth-order valence-corrected chi connectivity index (χ4v) is 3.11. The Hall–Kier alpha value is -0.900. The molecule has 0 N–H and O–H groups in total. The zero-order valence-corrected chi connectivity index (χ0v) is 12.2. The lowest BCUT2D eigenvalue weighted by Crippen LogP contribution is -2.51. The lowest BCUT2D eigenvalue weighted by atomic mass is 9.97. The maximum atomic E-state index is 12.5. The Morgan fingerprint density at radius 3 is 2.37 bits per heavy atom. The van der Waals surface area contributed by atoms with Crippen molar-refractivity contribution >= 4 is 11.7 Å². The molecule has 0 aromatic rings. The van der Waals surface area contributed by atoms with Crippen LogP contribution in [0, 0.1) is 5.92 Å². The van der Waals surface area contributed by atoms with Crippen LogP contribution < -0.4 is 0 Å². The molecule has 19 heavy (non-hydrogen) atoms. The highest BCUT2D eigenvalue weighted by molar-refractivity contribution is 5.84. The van der Waals surface area contributed by atoms with Gasteiger partial charge in [-0.1, -0.05) is 19.8 Å². The standard InChI is InChI=1S/C15H26N2O2/c1-12-11-17(10-7-14(12)18)13(2)15(19)16-8-5-3-4-6-9-16/h12-13H,3-11H2,1-2H3. The summed E-state index contributed by atoms with van der Waals surface area (Å²) in [5, 5.41) is 0. The number of hydrogen-bond acceptors (Lipinski definition) is 3. The Kier molecular flexibility index (Phi) is 4.97. The molecule has 0 radical (unpaired) electrons. The summed E-state index contributed by atoms with van der Waals surface area (Å²) in [5.41, 5.74) is 0. The molecular formula is C15H26N2O2. The Labute approximate surface area is 116 Å². The van der Waals surface area contributed by atoms with Crippen LogP contribution in [0.5, 0.6) is 0 Å². The van der Waals surface area contributed by atoms with E-state index in [0.29, 0.717) is 12.2 Å². The van der Waals surface area contributed by atoms with E-state index in [1.165, 1.54) is 12.8 Å². The topological polar surface area (TPSA) is 40.6 Å². The molecule has 2 atom stereocenters. The Bertz CT molecular complexity index is 335. The van der Waals surface area contributed by atoms with Gasteiger partial charge in [-0.2, -0.15) is 0 Å². The highest BCUT2D eigenvalue weighted by atomic mass is 16.2. The monoisotopic (exact) mass is 266 g/mol. The molecule has 1 amide bonds. The highest BCUT2D eigenvalue weighted by Crippen LogP contribution is 2.18. The van der Waals surface area contributed by atoms with E-state index in [-0.39, 0.29) is 17.9 Å². The van der Waals surface area contributed by atoms with Crippen LogP contribution in [0.15, 0.2) is 0 Å². The van der Waals surface area contributed by atoms with E-state index in [4.69, 9.17) is 0 Å². The SMILES string of the molecule is CC1CN(C(C)C(=O)N2CCCCCC2)CCC1=O. The molecule has 0 aromatic heterocycles. The number of rotatable bonds is 2. The molecule has 2 aliphatic rings. The number of hydrogen-bond donors (Lipinski definition) is 0. The molecule has 2 aliphatic heterocycles. The number of Topliss-reactive ketones (excluding diaryl/α,β-unsaturated/α-hetero) is 1. The maximum absolute atomic E-state index is 12.5. The summed E-state index contributed by atoms with van der Waals surface area (Å²) in [6, 6.07) is -0.0753. The van der Waals surface area contributed by atoms with Gasteiger partial charge in [-0.15, -0.1) is 0 Å². The number of piperidine rings is 1. The van der Waals surface area contributed by atoms with E-state index in [1.54, 1.807) is 0 Å². The maximum Gasteiger partial charge on any atom is 0.239 e. The second kappa shape index (κ2) is 6.51. The van der Waals surface area contributed by atoms with Gasteiger partial charge in [0.1, 0.15) is 5.78 Å². The molecule has 2 rings (SSSR count). The largest absolute Gasteiger partial charge is 0.341 e. The van der Waals surface area contributed by atoms with Gasteiger partial charge in [0.25, 0.3) is 0 Å². The first-order valence-electron chi connectivity index (χ1n) is 7.65. The average molecular weight is 266 g/mol. The van der Waals surface area contributed by atoms with Crippen LogP contribution in [0.3, 0.4) is 0 Å². The van der Waals surface area contributed by atoms with E-state index in [9.17, 15) is 9.59 Å². The van der Waals surface area contributed by atoms with Crippen LogP contribution in [0.1, 0.15) is 46.0 Å². The summed E-state index contributed by atoms with van der Waals surface area (Å²) in [5.74, 6) is 0.669. The van der Waals surface area contributed by atoms with Gasteiger partial charge in [-0.05, 0) is 19.8 Å². The Morgan fingerprint density at radius 1 is 1.16 bits per heavy atom. The minimum absolute atomic E-state index is 0.0753. The Balaban J connectivity index is 1.92. The molecule has 0 spiro atoms. The second-order valence-corrected chi connectivity index (χ2v) is 6.03. The van der Waals surface area contributed by atoms with Crippen molar-refractivity contribution in [1.82, 2.24) is 9.80 Å². The van der Waals surface area contributed by atoms with Crippen LogP contribution in [0.25, 0.3) is 0 Å². The fourth-order valence-electron chi connectivity index (χ4n) is 3.11. The first-order chi connectivity index (χ1) is 9.09. The minimum atomic E-state index is -0.0753. The van der Waals surface area contributed by atoms with E-state index < -0.39 is 0 Å². The third-order valence-electron chi connectivity index (χ3n) is 4.53. The van der Waals surface area contributed by atoms with Crippen molar-refractivity contribution in [3.8, 4) is 0 Å². The number of amides is 1. The lowest BCUT2D eigenvalue weighted by molar-refractivity contribution is -0.139. The molecule has 0 aliphatic carbocycles.